The van der Waals surface area contributed by atoms with Crippen LogP contribution in [0.3, 0.4) is 0 Å². The summed E-state index contributed by atoms with van der Waals surface area (Å²) in [7, 11) is 0. The Morgan fingerprint density at radius 2 is 1.80 bits per heavy atom. The number of amides is 3. The minimum absolute atomic E-state index is 0.127. The minimum atomic E-state index is -0.785. The van der Waals surface area contributed by atoms with Crippen molar-refractivity contribution in [1.82, 2.24) is 16.0 Å². The van der Waals surface area contributed by atoms with Gasteiger partial charge in [-0.1, -0.05) is 45.7 Å². The molecule has 1 aromatic rings. The molecule has 0 saturated carbocycles. The summed E-state index contributed by atoms with van der Waals surface area (Å²) in [5, 5.41) is 8.99. The zero-order valence-corrected chi connectivity index (χ0v) is 19.0. The zero-order chi connectivity index (χ0) is 22.4. The SMILES string of the molecule is CC[C@H](C)[C@@H]1NC(=O)c2ccc(Cl)cc2OC[C@H](C)NC(=O)[C@H](CC(C)C)NC1=O. The van der Waals surface area contributed by atoms with Crippen LogP contribution in [0.15, 0.2) is 18.2 Å². The van der Waals surface area contributed by atoms with Crippen LogP contribution in [0.1, 0.15) is 57.8 Å². The van der Waals surface area contributed by atoms with Crippen LogP contribution in [-0.2, 0) is 9.59 Å². The Hall–Kier alpha value is -2.28. The molecule has 1 aliphatic rings. The van der Waals surface area contributed by atoms with Crippen LogP contribution in [0.25, 0.3) is 0 Å². The van der Waals surface area contributed by atoms with E-state index < -0.39 is 18.0 Å². The van der Waals surface area contributed by atoms with Gasteiger partial charge in [0.2, 0.25) is 11.8 Å². The van der Waals surface area contributed by atoms with E-state index >= 15 is 0 Å². The molecule has 1 aliphatic heterocycles. The number of hydrogen-bond acceptors (Lipinski definition) is 4. The van der Waals surface area contributed by atoms with Crippen molar-refractivity contribution in [3.05, 3.63) is 28.8 Å². The molecule has 30 heavy (non-hydrogen) atoms. The third-order valence-electron chi connectivity index (χ3n) is 5.19. The molecule has 3 N–H and O–H groups in total. The molecule has 0 saturated heterocycles. The van der Waals surface area contributed by atoms with Gasteiger partial charge in [-0.2, -0.15) is 0 Å². The van der Waals surface area contributed by atoms with E-state index in [0.29, 0.717) is 23.6 Å². The van der Waals surface area contributed by atoms with Gasteiger partial charge in [0.25, 0.3) is 5.91 Å². The molecule has 4 atom stereocenters. The molecule has 2 rings (SSSR count). The smallest absolute Gasteiger partial charge is 0.255 e. The van der Waals surface area contributed by atoms with Gasteiger partial charge in [0.15, 0.2) is 0 Å². The summed E-state index contributed by atoms with van der Waals surface area (Å²) in [4.78, 5) is 38.9. The van der Waals surface area contributed by atoms with E-state index in [2.05, 4.69) is 16.0 Å². The molecular weight excluding hydrogens is 406 g/mol. The predicted molar refractivity (Wildman–Crippen MR) is 117 cm³/mol. The number of carbonyl (C=O) groups is 3. The molecule has 0 fully saturated rings. The Labute approximate surface area is 183 Å². The fraction of sp³-hybridized carbons (Fsp3) is 0.591. The number of fused-ring (bicyclic) bond motifs is 1. The highest BCUT2D eigenvalue weighted by atomic mass is 35.5. The number of carbonyl (C=O) groups excluding carboxylic acids is 3. The molecule has 0 bridgehead atoms. The van der Waals surface area contributed by atoms with Gasteiger partial charge < -0.3 is 20.7 Å². The van der Waals surface area contributed by atoms with Crippen molar-refractivity contribution in [2.75, 3.05) is 6.61 Å². The van der Waals surface area contributed by atoms with Crippen molar-refractivity contribution < 1.29 is 19.1 Å². The summed E-state index contributed by atoms with van der Waals surface area (Å²) >= 11 is 6.08. The molecular formula is C22H32ClN3O4. The largest absolute Gasteiger partial charge is 0.491 e. The van der Waals surface area contributed by atoms with Crippen LogP contribution in [0.4, 0.5) is 0 Å². The number of hydrogen-bond donors (Lipinski definition) is 3. The van der Waals surface area contributed by atoms with Gasteiger partial charge in [-0.15, -0.1) is 0 Å². The average molecular weight is 438 g/mol. The summed E-state index contributed by atoms with van der Waals surface area (Å²) in [6.07, 6.45) is 1.17. The lowest BCUT2D eigenvalue weighted by molar-refractivity contribution is -0.131. The molecule has 0 radical (unpaired) electrons. The maximum absolute atomic E-state index is 13.1. The van der Waals surface area contributed by atoms with Crippen molar-refractivity contribution in [3.63, 3.8) is 0 Å². The van der Waals surface area contributed by atoms with Gasteiger partial charge in [0, 0.05) is 5.02 Å². The Balaban J connectivity index is 2.44. The van der Waals surface area contributed by atoms with E-state index in [1.54, 1.807) is 25.1 Å². The van der Waals surface area contributed by atoms with Crippen molar-refractivity contribution in [3.8, 4) is 5.75 Å². The summed E-state index contributed by atoms with van der Waals surface area (Å²) in [5.74, 6) is -0.686. The second-order valence-corrected chi connectivity index (χ2v) is 8.82. The maximum atomic E-state index is 13.1. The van der Waals surface area contributed by atoms with Gasteiger partial charge >= 0.3 is 0 Å². The highest BCUT2D eigenvalue weighted by Gasteiger charge is 2.32. The fourth-order valence-corrected chi connectivity index (χ4v) is 3.45. The lowest BCUT2D eigenvalue weighted by atomic mass is 9.96. The zero-order valence-electron chi connectivity index (χ0n) is 18.3. The summed E-state index contributed by atoms with van der Waals surface area (Å²) in [6.45, 7) is 9.77. The molecule has 0 spiro atoms. The maximum Gasteiger partial charge on any atom is 0.255 e. The molecule has 1 aromatic carbocycles. The van der Waals surface area contributed by atoms with Gasteiger partial charge in [-0.25, -0.2) is 0 Å². The monoisotopic (exact) mass is 437 g/mol. The Morgan fingerprint density at radius 1 is 1.10 bits per heavy atom. The number of benzene rings is 1. The van der Waals surface area contributed by atoms with Crippen molar-refractivity contribution in [2.24, 2.45) is 11.8 Å². The van der Waals surface area contributed by atoms with Gasteiger partial charge in [0.05, 0.1) is 11.6 Å². The van der Waals surface area contributed by atoms with E-state index in [-0.39, 0.29) is 41.9 Å². The van der Waals surface area contributed by atoms with Crippen molar-refractivity contribution in [2.45, 2.75) is 65.6 Å². The van der Waals surface area contributed by atoms with Crippen LogP contribution < -0.4 is 20.7 Å². The molecule has 0 unspecified atom stereocenters. The second-order valence-electron chi connectivity index (χ2n) is 8.39. The van der Waals surface area contributed by atoms with E-state index in [1.807, 2.05) is 27.7 Å². The average Bonchev–Trinajstić information content (AvgIpc) is 2.68. The molecule has 166 valence electrons. The first-order valence-corrected chi connectivity index (χ1v) is 10.8. The van der Waals surface area contributed by atoms with Gasteiger partial charge in [0.1, 0.15) is 24.4 Å². The molecule has 7 nitrogen and oxygen atoms in total. The fourth-order valence-electron chi connectivity index (χ4n) is 3.29. The lowest BCUT2D eigenvalue weighted by Gasteiger charge is -2.27. The number of ether oxygens (including phenoxy) is 1. The van der Waals surface area contributed by atoms with Crippen LogP contribution in [0.5, 0.6) is 5.75 Å². The first-order valence-electron chi connectivity index (χ1n) is 10.5. The van der Waals surface area contributed by atoms with E-state index in [4.69, 9.17) is 16.3 Å². The van der Waals surface area contributed by atoms with Crippen LogP contribution in [0.2, 0.25) is 5.02 Å². The molecule has 0 aliphatic carbocycles. The predicted octanol–water partition coefficient (Wildman–Crippen LogP) is 2.91. The van der Waals surface area contributed by atoms with Crippen LogP contribution in [0, 0.1) is 11.8 Å². The number of nitrogens with one attached hydrogen (secondary N) is 3. The normalized spacial score (nSPS) is 24.2. The van der Waals surface area contributed by atoms with E-state index in [9.17, 15) is 14.4 Å². The lowest BCUT2D eigenvalue weighted by Crippen LogP contribution is -2.56. The third kappa shape index (κ3) is 6.36. The molecule has 1 heterocycles. The number of rotatable bonds is 4. The molecule has 0 aromatic heterocycles. The molecule has 8 heteroatoms. The third-order valence-corrected chi connectivity index (χ3v) is 5.42. The van der Waals surface area contributed by atoms with E-state index in [0.717, 1.165) is 0 Å². The topological polar surface area (TPSA) is 96.5 Å². The second kappa shape index (κ2) is 10.7. The minimum Gasteiger partial charge on any atom is -0.491 e. The Bertz CT molecular complexity index is 784. The van der Waals surface area contributed by atoms with Crippen LogP contribution >= 0.6 is 11.6 Å². The first kappa shape index (κ1) is 24.0. The quantitative estimate of drug-likeness (QED) is 0.674. The standard InChI is InChI=1S/C22H32ClN3O4/c1-6-13(4)19-22(29)25-17(9-12(2)3)21(28)24-14(5)11-30-18-10-15(23)7-8-16(18)20(27)26-19/h7-8,10,12-14,17,19H,6,9,11H2,1-5H3,(H,24,28)(H,25,29)(H,26,27)/t13-,14-,17-,19-/m0/s1. The Kier molecular flexibility index (Phi) is 8.53. The van der Waals surface area contributed by atoms with Crippen molar-refractivity contribution >= 4 is 29.3 Å². The van der Waals surface area contributed by atoms with Gasteiger partial charge in [-0.3, -0.25) is 14.4 Å². The highest BCUT2D eigenvalue weighted by Crippen LogP contribution is 2.24. The van der Waals surface area contributed by atoms with E-state index in [1.165, 1.54) is 0 Å². The molecule has 3 amide bonds. The van der Waals surface area contributed by atoms with Gasteiger partial charge in [-0.05, 0) is 43.4 Å². The number of halogens is 1. The van der Waals surface area contributed by atoms with Crippen LogP contribution in [-0.4, -0.2) is 42.5 Å². The summed E-state index contributed by atoms with van der Waals surface area (Å²) in [6, 6.07) is 2.93. The summed E-state index contributed by atoms with van der Waals surface area (Å²) in [5.41, 5.74) is 0.289. The van der Waals surface area contributed by atoms with Crippen molar-refractivity contribution in [1.29, 1.82) is 0 Å². The summed E-state index contributed by atoms with van der Waals surface area (Å²) < 4.78 is 5.81. The first-order chi connectivity index (χ1) is 14.1. The Morgan fingerprint density at radius 3 is 2.43 bits per heavy atom. The highest BCUT2D eigenvalue weighted by molar-refractivity contribution is 6.30.